The minimum absolute atomic E-state index is 0.00227. The van der Waals surface area contributed by atoms with Crippen molar-refractivity contribution < 1.29 is 8.42 Å². The van der Waals surface area contributed by atoms with E-state index in [0.717, 1.165) is 19.3 Å². The van der Waals surface area contributed by atoms with E-state index in [-0.39, 0.29) is 5.25 Å². The highest BCUT2D eigenvalue weighted by atomic mass is 32.2. The second-order valence-electron chi connectivity index (χ2n) is 3.98. The van der Waals surface area contributed by atoms with Crippen LogP contribution in [0.4, 0.5) is 0 Å². The van der Waals surface area contributed by atoms with Gasteiger partial charge in [-0.3, -0.25) is 0 Å². The second kappa shape index (κ2) is 3.99. The molecule has 2 nitrogen and oxygen atoms in total. The average Bonchev–Trinajstić information content (AvgIpc) is 2.77. The van der Waals surface area contributed by atoms with Crippen LogP contribution in [0.5, 0.6) is 0 Å². The van der Waals surface area contributed by atoms with Crippen molar-refractivity contribution in [1.82, 2.24) is 0 Å². The molecule has 0 bridgehead atoms. The normalized spacial score (nSPS) is 33.3. The van der Waals surface area contributed by atoms with Crippen molar-refractivity contribution in [2.24, 2.45) is 11.8 Å². The summed E-state index contributed by atoms with van der Waals surface area (Å²) in [6.07, 6.45) is 2.80. The first-order valence-corrected chi connectivity index (χ1v) is 7.01. The van der Waals surface area contributed by atoms with Gasteiger partial charge >= 0.3 is 0 Å². The standard InChI is InChI=1S/C10H20O2S/c1-4-7-13(11,12)10-8(5-2)9(10)6-3/h8-10H,4-7H2,1-3H3. The Kier molecular flexibility index (Phi) is 3.38. The van der Waals surface area contributed by atoms with Gasteiger partial charge < -0.3 is 0 Å². The van der Waals surface area contributed by atoms with Gasteiger partial charge in [-0.05, 0) is 18.3 Å². The van der Waals surface area contributed by atoms with Crippen LogP contribution in [0.1, 0.15) is 40.0 Å². The third kappa shape index (κ3) is 2.06. The molecule has 0 radical (unpaired) electrons. The molecule has 1 aliphatic carbocycles. The van der Waals surface area contributed by atoms with Crippen LogP contribution in [0.3, 0.4) is 0 Å². The molecule has 0 heterocycles. The van der Waals surface area contributed by atoms with Crippen molar-refractivity contribution in [3.05, 3.63) is 0 Å². The lowest BCUT2D eigenvalue weighted by atomic mass is 10.2. The monoisotopic (exact) mass is 204 g/mol. The minimum Gasteiger partial charge on any atom is -0.229 e. The van der Waals surface area contributed by atoms with Crippen molar-refractivity contribution in [2.75, 3.05) is 5.75 Å². The highest BCUT2D eigenvalue weighted by Crippen LogP contribution is 2.49. The Morgan fingerprint density at radius 2 is 1.46 bits per heavy atom. The molecule has 1 rings (SSSR count). The van der Waals surface area contributed by atoms with E-state index in [1.165, 1.54) is 0 Å². The molecule has 0 aromatic rings. The first-order chi connectivity index (χ1) is 6.08. The summed E-state index contributed by atoms with van der Waals surface area (Å²) < 4.78 is 23.5. The highest BCUT2D eigenvalue weighted by molar-refractivity contribution is 7.92. The molecule has 13 heavy (non-hydrogen) atoms. The van der Waals surface area contributed by atoms with E-state index in [1.54, 1.807) is 0 Å². The lowest BCUT2D eigenvalue weighted by Crippen LogP contribution is -2.14. The van der Waals surface area contributed by atoms with Crippen LogP contribution in [0, 0.1) is 11.8 Å². The van der Waals surface area contributed by atoms with Crippen molar-refractivity contribution in [3.8, 4) is 0 Å². The Morgan fingerprint density at radius 1 is 1.00 bits per heavy atom. The molecule has 1 aliphatic rings. The van der Waals surface area contributed by atoms with E-state index < -0.39 is 9.84 Å². The quantitative estimate of drug-likeness (QED) is 0.688. The van der Waals surface area contributed by atoms with Crippen molar-refractivity contribution in [3.63, 3.8) is 0 Å². The van der Waals surface area contributed by atoms with Crippen LogP contribution in [0.15, 0.2) is 0 Å². The Hall–Kier alpha value is -0.0500. The molecule has 78 valence electrons. The molecule has 3 heteroatoms. The maximum atomic E-state index is 11.7. The van der Waals surface area contributed by atoms with E-state index >= 15 is 0 Å². The van der Waals surface area contributed by atoms with E-state index in [9.17, 15) is 8.42 Å². The molecule has 0 amide bonds. The van der Waals surface area contributed by atoms with E-state index in [0.29, 0.717) is 17.6 Å². The Morgan fingerprint density at radius 3 is 1.77 bits per heavy atom. The number of rotatable bonds is 5. The first kappa shape index (κ1) is 11.0. The topological polar surface area (TPSA) is 34.1 Å². The zero-order valence-corrected chi connectivity index (χ0v) is 9.60. The Balaban J connectivity index is 2.64. The van der Waals surface area contributed by atoms with Gasteiger partial charge in [-0.15, -0.1) is 0 Å². The van der Waals surface area contributed by atoms with Gasteiger partial charge in [0.2, 0.25) is 0 Å². The maximum absolute atomic E-state index is 11.7. The number of hydrogen-bond acceptors (Lipinski definition) is 2. The van der Waals surface area contributed by atoms with Gasteiger partial charge in [0.1, 0.15) is 0 Å². The van der Waals surface area contributed by atoms with Gasteiger partial charge in [0.15, 0.2) is 9.84 Å². The molecule has 0 aromatic carbocycles. The maximum Gasteiger partial charge on any atom is 0.153 e. The number of sulfone groups is 1. The smallest absolute Gasteiger partial charge is 0.153 e. The molecule has 1 saturated carbocycles. The van der Waals surface area contributed by atoms with Gasteiger partial charge in [0.25, 0.3) is 0 Å². The van der Waals surface area contributed by atoms with Crippen LogP contribution < -0.4 is 0 Å². The van der Waals surface area contributed by atoms with Crippen molar-refractivity contribution in [1.29, 1.82) is 0 Å². The Labute approximate surface area is 81.6 Å². The molecule has 0 spiro atoms. The summed E-state index contributed by atoms with van der Waals surface area (Å²) in [5, 5.41) is 0.00227. The van der Waals surface area contributed by atoms with Crippen molar-refractivity contribution >= 4 is 9.84 Å². The number of hydrogen-bond donors (Lipinski definition) is 0. The zero-order chi connectivity index (χ0) is 10.1. The van der Waals surface area contributed by atoms with Gasteiger partial charge in [-0.1, -0.05) is 33.6 Å². The van der Waals surface area contributed by atoms with Gasteiger partial charge in [0.05, 0.1) is 11.0 Å². The van der Waals surface area contributed by atoms with Gasteiger partial charge in [-0.25, -0.2) is 8.42 Å². The zero-order valence-electron chi connectivity index (χ0n) is 8.79. The first-order valence-electron chi connectivity index (χ1n) is 5.30. The summed E-state index contributed by atoms with van der Waals surface area (Å²) in [6.45, 7) is 6.12. The molecule has 0 aliphatic heterocycles. The predicted octanol–water partition coefficient (Wildman–Crippen LogP) is 2.25. The van der Waals surface area contributed by atoms with Gasteiger partial charge in [-0.2, -0.15) is 0 Å². The molecule has 0 aromatic heterocycles. The summed E-state index contributed by atoms with van der Waals surface area (Å²) in [7, 11) is -2.76. The molecule has 2 unspecified atom stereocenters. The third-order valence-corrected chi connectivity index (χ3v) is 5.60. The predicted molar refractivity (Wildman–Crippen MR) is 55.4 cm³/mol. The fourth-order valence-corrected chi connectivity index (χ4v) is 5.04. The van der Waals surface area contributed by atoms with Crippen LogP contribution in [-0.2, 0) is 9.84 Å². The summed E-state index contributed by atoms with van der Waals surface area (Å²) >= 11 is 0. The van der Waals surface area contributed by atoms with Crippen LogP contribution in [-0.4, -0.2) is 19.4 Å². The van der Waals surface area contributed by atoms with Crippen LogP contribution in [0.25, 0.3) is 0 Å². The summed E-state index contributed by atoms with van der Waals surface area (Å²) in [5.41, 5.74) is 0. The van der Waals surface area contributed by atoms with Gasteiger partial charge in [0, 0.05) is 0 Å². The molecule has 0 saturated heterocycles. The summed E-state index contributed by atoms with van der Waals surface area (Å²) in [5.74, 6) is 1.30. The largest absolute Gasteiger partial charge is 0.229 e. The lowest BCUT2D eigenvalue weighted by molar-refractivity contribution is 0.589. The Bertz CT molecular complexity index is 246. The van der Waals surface area contributed by atoms with Crippen LogP contribution in [0.2, 0.25) is 0 Å². The molecular weight excluding hydrogens is 184 g/mol. The fraction of sp³-hybridized carbons (Fsp3) is 1.00. The molecule has 2 atom stereocenters. The fourth-order valence-electron chi connectivity index (χ4n) is 2.43. The van der Waals surface area contributed by atoms with E-state index in [4.69, 9.17) is 0 Å². The van der Waals surface area contributed by atoms with E-state index in [1.807, 2.05) is 6.92 Å². The summed E-state index contributed by atoms with van der Waals surface area (Å²) in [4.78, 5) is 0. The SMILES string of the molecule is CCCS(=O)(=O)C1C(CC)C1CC. The average molecular weight is 204 g/mol. The molecule has 0 N–H and O–H groups in total. The third-order valence-electron chi connectivity index (χ3n) is 3.10. The lowest BCUT2D eigenvalue weighted by Gasteiger charge is -2.00. The van der Waals surface area contributed by atoms with Crippen molar-refractivity contribution in [2.45, 2.75) is 45.3 Å². The van der Waals surface area contributed by atoms with Crippen LogP contribution >= 0.6 is 0 Å². The molecule has 1 fully saturated rings. The molecular formula is C10H20O2S. The summed E-state index contributed by atoms with van der Waals surface area (Å²) in [6, 6.07) is 0. The highest BCUT2D eigenvalue weighted by Gasteiger charge is 2.54. The minimum atomic E-state index is -2.76. The van der Waals surface area contributed by atoms with E-state index in [2.05, 4.69) is 13.8 Å². The second-order valence-corrected chi connectivity index (χ2v) is 6.25.